The predicted octanol–water partition coefficient (Wildman–Crippen LogP) is 6.48. The van der Waals surface area contributed by atoms with Crippen LogP contribution in [-0.2, 0) is 17.8 Å². The molecule has 0 saturated heterocycles. The molecule has 1 amide bonds. The lowest BCUT2D eigenvalue weighted by Crippen LogP contribution is -2.36. The fourth-order valence-corrected chi connectivity index (χ4v) is 3.67. The van der Waals surface area contributed by atoms with E-state index in [9.17, 15) is 9.90 Å². The quantitative estimate of drug-likeness (QED) is 0.495. The van der Waals surface area contributed by atoms with Gasteiger partial charge in [-0.15, -0.1) is 0 Å². The highest BCUT2D eigenvalue weighted by atomic mass is 32.2. The van der Waals surface area contributed by atoms with Crippen LogP contribution in [0.2, 0.25) is 0 Å². The van der Waals surface area contributed by atoms with E-state index in [0.29, 0.717) is 13.1 Å². The van der Waals surface area contributed by atoms with Gasteiger partial charge in [0.15, 0.2) is 0 Å². The van der Waals surface area contributed by atoms with Crippen LogP contribution < -0.4 is 0 Å². The molecule has 4 nitrogen and oxygen atoms in total. The van der Waals surface area contributed by atoms with Gasteiger partial charge in [-0.1, -0.05) is 54.2 Å². The van der Waals surface area contributed by atoms with Crippen LogP contribution in [0.4, 0.5) is 4.79 Å². The summed E-state index contributed by atoms with van der Waals surface area (Å²) in [4.78, 5) is 16.7. The van der Waals surface area contributed by atoms with Crippen molar-refractivity contribution in [1.82, 2.24) is 4.90 Å². The van der Waals surface area contributed by atoms with Crippen molar-refractivity contribution in [3.63, 3.8) is 0 Å². The smallest absolute Gasteiger partial charge is 0.410 e. The number of benzene rings is 3. The van der Waals surface area contributed by atoms with Crippen molar-refractivity contribution < 1.29 is 14.6 Å². The number of phenolic OH excluding ortho intramolecular Hbond substituents is 1. The Morgan fingerprint density at radius 2 is 1.33 bits per heavy atom. The molecule has 0 spiro atoms. The molecular formula is C25H27NO3S. The van der Waals surface area contributed by atoms with Crippen LogP contribution in [0.1, 0.15) is 31.9 Å². The number of nitrogens with zero attached hydrogens (tertiary/aromatic N) is 1. The summed E-state index contributed by atoms with van der Waals surface area (Å²) >= 11 is 1.62. The summed E-state index contributed by atoms with van der Waals surface area (Å²) in [6.45, 7) is 6.58. The van der Waals surface area contributed by atoms with Crippen LogP contribution in [0.25, 0.3) is 0 Å². The minimum atomic E-state index is -0.545. The largest absolute Gasteiger partial charge is 0.508 e. The van der Waals surface area contributed by atoms with Gasteiger partial charge in [0, 0.05) is 22.9 Å². The molecule has 0 aliphatic rings. The number of aromatic hydroxyl groups is 1. The van der Waals surface area contributed by atoms with Crippen LogP contribution in [0, 0.1) is 0 Å². The van der Waals surface area contributed by atoms with Gasteiger partial charge in [-0.25, -0.2) is 4.79 Å². The number of phenols is 1. The first-order valence-corrected chi connectivity index (χ1v) is 10.7. The third-order valence-corrected chi connectivity index (χ3v) is 5.25. The van der Waals surface area contributed by atoms with Gasteiger partial charge in [0.1, 0.15) is 11.4 Å². The van der Waals surface area contributed by atoms with Crippen LogP contribution in [0.5, 0.6) is 5.75 Å². The van der Waals surface area contributed by atoms with E-state index < -0.39 is 5.60 Å². The molecule has 0 saturated carbocycles. The Morgan fingerprint density at radius 3 is 1.87 bits per heavy atom. The molecule has 0 unspecified atom stereocenters. The summed E-state index contributed by atoms with van der Waals surface area (Å²) in [5, 5.41) is 9.41. The minimum absolute atomic E-state index is 0.260. The Bertz CT molecular complexity index is 948. The molecule has 0 atom stereocenters. The van der Waals surface area contributed by atoms with Crippen molar-refractivity contribution in [1.29, 1.82) is 0 Å². The Hall–Kier alpha value is -2.92. The average molecular weight is 422 g/mol. The maximum Gasteiger partial charge on any atom is 0.410 e. The topological polar surface area (TPSA) is 49.8 Å². The lowest BCUT2D eigenvalue weighted by atomic mass is 10.1. The first-order valence-electron chi connectivity index (χ1n) is 9.86. The summed E-state index contributed by atoms with van der Waals surface area (Å²) < 4.78 is 5.62. The van der Waals surface area contributed by atoms with Gasteiger partial charge in [0.25, 0.3) is 0 Å². The number of hydrogen-bond donors (Lipinski definition) is 1. The number of amides is 1. The maximum absolute atomic E-state index is 12.8. The van der Waals surface area contributed by atoms with Gasteiger partial charge in [0.05, 0.1) is 0 Å². The van der Waals surface area contributed by atoms with Crippen LogP contribution in [0.3, 0.4) is 0 Å². The molecule has 0 fully saturated rings. The third kappa shape index (κ3) is 6.85. The van der Waals surface area contributed by atoms with E-state index in [4.69, 9.17) is 4.74 Å². The van der Waals surface area contributed by atoms with Crippen molar-refractivity contribution in [3.8, 4) is 5.75 Å². The lowest BCUT2D eigenvalue weighted by Gasteiger charge is -2.27. The maximum atomic E-state index is 12.8. The van der Waals surface area contributed by atoms with E-state index in [1.54, 1.807) is 28.8 Å². The summed E-state index contributed by atoms with van der Waals surface area (Å²) in [7, 11) is 0. The number of carbonyl (C=O) groups excluding carboxylic acids is 1. The summed E-state index contributed by atoms with van der Waals surface area (Å²) in [6.07, 6.45) is -0.325. The van der Waals surface area contributed by atoms with Crippen molar-refractivity contribution >= 4 is 17.9 Å². The number of ether oxygens (including phenoxy) is 1. The molecular weight excluding hydrogens is 394 g/mol. The van der Waals surface area contributed by atoms with Crippen LogP contribution >= 0.6 is 11.8 Å². The fourth-order valence-electron chi connectivity index (χ4n) is 2.85. The summed E-state index contributed by atoms with van der Waals surface area (Å²) in [5.41, 5.74) is 1.55. The van der Waals surface area contributed by atoms with Crippen molar-refractivity contribution in [2.24, 2.45) is 0 Å². The van der Waals surface area contributed by atoms with E-state index in [2.05, 4.69) is 0 Å². The molecule has 0 aromatic heterocycles. The Labute approximate surface area is 182 Å². The molecule has 3 aromatic carbocycles. The molecule has 5 heteroatoms. The first-order chi connectivity index (χ1) is 14.3. The molecule has 0 aliphatic heterocycles. The molecule has 1 N–H and O–H groups in total. The molecule has 3 rings (SSSR count). The standard InChI is InChI=1S/C25H27NO3S/c1-25(2,3)29-24(28)26(17-19-7-5-4-6-8-19)18-20-9-13-22(14-10-20)30-23-15-11-21(27)12-16-23/h4-16,27H,17-18H2,1-3H3. The molecule has 0 radical (unpaired) electrons. The monoisotopic (exact) mass is 421 g/mol. The SMILES string of the molecule is CC(C)(C)OC(=O)N(Cc1ccccc1)Cc1ccc(Sc2ccc(O)cc2)cc1. The molecule has 30 heavy (non-hydrogen) atoms. The second-order valence-corrected chi connectivity index (χ2v) is 9.21. The van der Waals surface area contributed by atoms with Gasteiger partial charge in [-0.2, -0.15) is 0 Å². The van der Waals surface area contributed by atoms with Crippen LogP contribution in [0.15, 0.2) is 88.7 Å². The normalized spacial score (nSPS) is 11.2. The molecule has 156 valence electrons. The summed E-state index contributed by atoms with van der Waals surface area (Å²) in [6, 6.07) is 25.2. The zero-order valence-electron chi connectivity index (χ0n) is 17.5. The highest BCUT2D eigenvalue weighted by Crippen LogP contribution is 2.29. The second kappa shape index (κ2) is 9.72. The van der Waals surface area contributed by atoms with Gasteiger partial charge in [-0.05, 0) is 68.3 Å². The second-order valence-electron chi connectivity index (χ2n) is 8.06. The average Bonchev–Trinajstić information content (AvgIpc) is 2.70. The van der Waals surface area contributed by atoms with Gasteiger partial charge >= 0.3 is 6.09 Å². The highest BCUT2D eigenvalue weighted by molar-refractivity contribution is 7.99. The summed E-state index contributed by atoms with van der Waals surface area (Å²) in [5.74, 6) is 0.260. The van der Waals surface area contributed by atoms with Crippen molar-refractivity contribution in [2.45, 2.75) is 49.3 Å². The van der Waals surface area contributed by atoms with Crippen molar-refractivity contribution in [2.75, 3.05) is 0 Å². The highest BCUT2D eigenvalue weighted by Gasteiger charge is 2.22. The Balaban J connectivity index is 1.71. The molecule has 0 bridgehead atoms. The molecule has 3 aromatic rings. The van der Waals surface area contributed by atoms with E-state index in [-0.39, 0.29) is 11.8 Å². The minimum Gasteiger partial charge on any atom is -0.508 e. The zero-order valence-corrected chi connectivity index (χ0v) is 18.4. The van der Waals surface area contributed by atoms with E-state index >= 15 is 0 Å². The van der Waals surface area contributed by atoms with E-state index in [1.807, 2.05) is 87.5 Å². The van der Waals surface area contributed by atoms with E-state index in [1.165, 1.54) is 0 Å². The Morgan fingerprint density at radius 1 is 0.833 bits per heavy atom. The Kier molecular flexibility index (Phi) is 7.06. The van der Waals surface area contributed by atoms with Crippen LogP contribution in [-0.4, -0.2) is 21.7 Å². The van der Waals surface area contributed by atoms with E-state index in [0.717, 1.165) is 20.9 Å². The van der Waals surface area contributed by atoms with Gasteiger partial charge < -0.3 is 9.84 Å². The number of carbonyl (C=O) groups is 1. The molecule has 0 aliphatic carbocycles. The van der Waals surface area contributed by atoms with Gasteiger partial charge in [0.2, 0.25) is 0 Å². The zero-order chi connectivity index (χ0) is 21.6. The molecule has 0 heterocycles. The lowest BCUT2D eigenvalue weighted by molar-refractivity contribution is 0.0216. The van der Waals surface area contributed by atoms with Gasteiger partial charge in [-0.3, -0.25) is 4.90 Å². The fraction of sp³-hybridized carbons (Fsp3) is 0.240. The number of rotatable bonds is 6. The van der Waals surface area contributed by atoms with Crippen molar-refractivity contribution in [3.05, 3.63) is 90.0 Å². The predicted molar refractivity (Wildman–Crippen MR) is 121 cm³/mol. The first kappa shape index (κ1) is 21.8. The third-order valence-electron chi connectivity index (χ3n) is 4.24. The number of hydrogen-bond acceptors (Lipinski definition) is 4.